The lowest BCUT2D eigenvalue weighted by molar-refractivity contribution is 0.163. The fraction of sp³-hybridized carbons (Fsp3) is 0.467. The molecule has 0 aromatic heterocycles. The van der Waals surface area contributed by atoms with Crippen molar-refractivity contribution in [2.24, 2.45) is 0 Å². The molecule has 0 aliphatic carbocycles. The van der Waals surface area contributed by atoms with E-state index >= 15 is 0 Å². The van der Waals surface area contributed by atoms with Crippen LogP contribution in [0.3, 0.4) is 0 Å². The Hall–Kier alpha value is -2.06. The van der Waals surface area contributed by atoms with Gasteiger partial charge in [-0.1, -0.05) is 25.5 Å². The first kappa shape index (κ1) is 16.0. The summed E-state index contributed by atoms with van der Waals surface area (Å²) in [5.74, 6) is 0. The van der Waals surface area contributed by atoms with Gasteiger partial charge in [0.25, 0.3) is 0 Å². The monoisotopic (exact) mass is 275 g/mol. The number of benzene rings is 1. The lowest BCUT2D eigenvalue weighted by atomic mass is 9.98. The van der Waals surface area contributed by atoms with E-state index in [1.807, 2.05) is 19.9 Å². The highest BCUT2D eigenvalue weighted by atomic mass is 16.3. The van der Waals surface area contributed by atoms with Gasteiger partial charge in [0.15, 0.2) is 0 Å². The molecule has 1 atom stereocenters. The quantitative estimate of drug-likeness (QED) is 0.741. The van der Waals surface area contributed by atoms with E-state index in [4.69, 9.17) is 5.26 Å². The lowest BCUT2D eigenvalue weighted by Crippen LogP contribution is -2.52. The van der Waals surface area contributed by atoms with Crippen LogP contribution in [0.4, 0.5) is 4.79 Å². The van der Waals surface area contributed by atoms with Crippen LogP contribution < -0.4 is 10.6 Å². The molecule has 0 heterocycles. The van der Waals surface area contributed by atoms with Crippen LogP contribution in [0, 0.1) is 11.3 Å². The van der Waals surface area contributed by atoms with Crippen LogP contribution in [0.5, 0.6) is 0 Å². The Morgan fingerprint density at radius 3 is 2.85 bits per heavy atom. The summed E-state index contributed by atoms with van der Waals surface area (Å²) in [5.41, 5.74) is 0.823. The Kier molecular flexibility index (Phi) is 6.01. The number of hydrogen-bond donors (Lipinski definition) is 3. The van der Waals surface area contributed by atoms with Gasteiger partial charge >= 0.3 is 6.03 Å². The third-order valence-electron chi connectivity index (χ3n) is 3.08. The third-order valence-corrected chi connectivity index (χ3v) is 3.08. The molecule has 5 heteroatoms. The van der Waals surface area contributed by atoms with Crippen LogP contribution in [0.1, 0.15) is 37.8 Å². The van der Waals surface area contributed by atoms with Gasteiger partial charge in [-0.25, -0.2) is 4.79 Å². The van der Waals surface area contributed by atoms with Gasteiger partial charge in [0.05, 0.1) is 23.8 Å². The molecule has 2 amide bonds. The highest BCUT2D eigenvalue weighted by molar-refractivity contribution is 5.74. The molecule has 1 aromatic carbocycles. The van der Waals surface area contributed by atoms with Crippen LogP contribution in [0.15, 0.2) is 24.3 Å². The molecule has 0 saturated heterocycles. The molecule has 0 saturated carbocycles. The number of nitrogens with one attached hydrogen (secondary N) is 2. The van der Waals surface area contributed by atoms with Gasteiger partial charge in [-0.05, 0) is 31.0 Å². The molecule has 20 heavy (non-hydrogen) atoms. The SMILES string of the molecule is CCCC(C)(CO)NC(=O)NCc1cccc(C#N)c1. The zero-order valence-corrected chi connectivity index (χ0v) is 11.9. The minimum Gasteiger partial charge on any atom is -0.394 e. The summed E-state index contributed by atoms with van der Waals surface area (Å²) in [5, 5.41) is 23.7. The molecule has 0 fully saturated rings. The van der Waals surface area contributed by atoms with Crippen molar-refractivity contribution < 1.29 is 9.90 Å². The first-order chi connectivity index (χ1) is 9.53. The van der Waals surface area contributed by atoms with E-state index < -0.39 is 5.54 Å². The van der Waals surface area contributed by atoms with Crippen molar-refractivity contribution in [2.75, 3.05) is 6.61 Å². The first-order valence-electron chi connectivity index (χ1n) is 6.69. The third kappa shape index (κ3) is 4.90. The zero-order chi connectivity index (χ0) is 15.0. The number of hydrogen-bond acceptors (Lipinski definition) is 3. The molecule has 0 aliphatic rings. The van der Waals surface area contributed by atoms with Crippen molar-refractivity contribution in [1.82, 2.24) is 10.6 Å². The van der Waals surface area contributed by atoms with Gasteiger partial charge in [-0.15, -0.1) is 0 Å². The van der Waals surface area contributed by atoms with Gasteiger partial charge < -0.3 is 15.7 Å². The Balaban J connectivity index is 2.53. The second-order valence-electron chi connectivity index (χ2n) is 5.09. The number of rotatable bonds is 6. The summed E-state index contributed by atoms with van der Waals surface area (Å²) in [6.07, 6.45) is 1.59. The molecular formula is C15H21N3O2. The number of urea groups is 1. The number of aliphatic hydroxyl groups excluding tert-OH is 1. The van der Waals surface area contributed by atoms with Crippen molar-refractivity contribution in [1.29, 1.82) is 5.26 Å². The normalized spacial score (nSPS) is 13.1. The summed E-state index contributed by atoms with van der Waals surface area (Å²) in [7, 11) is 0. The highest BCUT2D eigenvalue weighted by Crippen LogP contribution is 2.11. The molecule has 0 radical (unpaired) electrons. The highest BCUT2D eigenvalue weighted by Gasteiger charge is 2.24. The topological polar surface area (TPSA) is 85.2 Å². The Bertz CT molecular complexity index is 496. The van der Waals surface area contributed by atoms with E-state index in [9.17, 15) is 9.90 Å². The van der Waals surface area contributed by atoms with E-state index in [2.05, 4.69) is 16.7 Å². The van der Waals surface area contributed by atoms with Crippen molar-refractivity contribution >= 4 is 6.03 Å². The van der Waals surface area contributed by atoms with Gasteiger partial charge in [0.1, 0.15) is 0 Å². The van der Waals surface area contributed by atoms with Crippen molar-refractivity contribution in [3.8, 4) is 6.07 Å². The van der Waals surface area contributed by atoms with Gasteiger partial charge in [-0.2, -0.15) is 5.26 Å². The summed E-state index contributed by atoms with van der Waals surface area (Å²) < 4.78 is 0. The molecule has 3 N–H and O–H groups in total. The minimum absolute atomic E-state index is 0.0990. The zero-order valence-electron chi connectivity index (χ0n) is 11.9. The standard InChI is InChI=1S/C15H21N3O2/c1-3-7-15(2,11-19)18-14(20)17-10-13-6-4-5-12(8-13)9-16/h4-6,8,19H,3,7,10-11H2,1-2H3,(H2,17,18,20). The van der Waals surface area contributed by atoms with Crippen molar-refractivity contribution in [3.05, 3.63) is 35.4 Å². The average molecular weight is 275 g/mol. The summed E-state index contributed by atoms with van der Waals surface area (Å²) >= 11 is 0. The average Bonchev–Trinajstić information content (AvgIpc) is 2.45. The largest absolute Gasteiger partial charge is 0.394 e. The number of amides is 2. The number of carbonyl (C=O) groups excluding carboxylic acids is 1. The Morgan fingerprint density at radius 1 is 1.50 bits per heavy atom. The molecule has 108 valence electrons. The second kappa shape index (κ2) is 7.51. The van der Waals surface area contributed by atoms with Gasteiger partial charge in [-0.3, -0.25) is 0 Å². The molecule has 0 aliphatic heterocycles. The maximum Gasteiger partial charge on any atom is 0.315 e. The fourth-order valence-corrected chi connectivity index (χ4v) is 1.98. The van der Waals surface area contributed by atoms with Crippen LogP contribution in [0.25, 0.3) is 0 Å². The number of carbonyl (C=O) groups is 1. The maximum absolute atomic E-state index is 11.8. The predicted octanol–water partition coefficient (Wildman–Crippen LogP) is 1.91. The molecule has 1 aromatic rings. The summed E-state index contributed by atoms with van der Waals surface area (Å²) in [6, 6.07) is 8.81. The van der Waals surface area contributed by atoms with Crippen molar-refractivity contribution in [2.45, 2.75) is 38.8 Å². The van der Waals surface area contributed by atoms with Crippen LogP contribution in [-0.4, -0.2) is 23.3 Å². The first-order valence-corrected chi connectivity index (χ1v) is 6.69. The minimum atomic E-state index is -0.604. The second-order valence-corrected chi connectivity index (χ2v) is 5.09. The fourth-order valence-electron chi connectivity index (χ4n) is 1.98. The van der Waals surface area contributed by atoms with Gasteiger partial charge in [0, 0.05) is 6.54 Å². The molecule has 1 rings (SSSR count). The number of nitrogens with zero attached hydrogens (tertiary/aromatic N) is 1. The Labute approximate surface area is 119 Å². The van der Waals surface area contributed by atoms with Crippen LogP contribution in [0.2, 0.25) is 0 Å². The molecule has 1 unspecified atom stereocenters. The maximum atomic E-state index is 11.8. The number of nitriles is 1. The number of aliphatic hydroxyl groups is 1. The van der Waals surface area contributed by atoms with E-state index in [0.29, 0.717) is 18.5 Å². The van der Waals surface area contributed by atoms with Gasteiger partial charge in [0.2, 0.25) is 0 Å². The smallest absolute Gasteiger partial charge is 0.315 e. The van der Waals surface area contributed by atoms with E-state index in [-0.39, 0.29) is 12.6 Å². The van der Waals surface area contributed by atoms with E-state index in [1.165, 1.54) is 0 Å². The molecular weight excluding hydrogens is 254 g/mol. The molecule has 5 nitrogen and oxygen atoms in total. The summed E-state index contributed by atoms with van der Waals surface area (Å²) in [4.78, 5) is 11.8. The predicted molar refractivity (Wildman–Crippen MR) is 76.9 cm³/mol. The molecule has 0 spiro atoms. The summed E-state index contributed by atoms with van der Waals surface area (Å²) in [6.45, 7) is 4.06. The lowest BCUT2D eigenvalue weighted by Gasteiger charge is -2.28. The van der Waals surface area contributed by atoms with E-state index in [1.54, 1.807) is 18.2 Å². The Morgan fingerprint density at radius 2 is 2.25 bits per heavy atom. The van der Waals surface area contributed by atoms with Crippen LogP contribution >= 0.6 is 0 Å². The van der Waals surface area contributed by atoms with Crippen molar-refractivity contribution in [3.63, 3.8) is 0 Å². The molecule has 0 bridgehead atoms. The van der Waals surface area contributed by atoms with E-state index in [0.717, 1.165) is 12.0 Å². The van der Waals surface area contributed by atoms with Crippen LogP contribution in [-0.2, 0) is 6.54 Å².